The molecule has 1 aromatic carbocycles. The highest BCUT2D eigenvalue weighted by Gasteiger charge is 2.27. The first kappa shape index (κ1) is 24.0. The van der Waals surface area contributed by atoms with Gasteiger partial charge in [0.1, 0.15) is 23.6 Å². The zero-order chi connectivity index (χ0) is 25.2. The first-order chi connectivity index (χ1) is 16.5. The number of rotatable bonds is 7. The second kappa shape index (κ2) is 9.27. The van der Waals surface area contributed by atoms with E-state index in [1.54, 1.807) is 12.1 Å². The number of alkyl halides is 3. The van der Waals surface area contributed by atoms with Crippen molar-refractivity contribution in [3.8, 4) is 11.4 Å². The van der Waals surface area contributed by atoms with Gasteiger partial charge < -0.3 is 16.4 Å². The minimum absolute atomic E-state index is 0.0412. The summed E-state index contributed by atoms with van der Waals surface area (Å²) in [7, 11) is -3.83. The highest BCUT2D eigenvalue weighted by molar-refractivity contribution is 7.89. The normalized spacial score (nSPS) is 12.0. The minimum Gasteiger partial charge on any atom is -0.382 e. The van der Waals surface area contributed by atoms with Crippen LogP contribution in [0.1, 0.15) is 5.56 Å². The van der Waals surface area contributed by atoms with Crippen LogP contribution in [0.4, 0.5) is 30.8 Å². The van der Waals surface area contributed by atoms with Gasteiger partial charge in [0, 0.05) is 6.54 Å². The number of nitrogens with one attached hydrogen (secondary N) is 2. The monoisotopic (exact) mass is 505 g/mol. The van der Waals surface area contributed by atoms with E-state index in [2.05, 4.69) is 35.6 Å². The van der Waals surface area contributed by atoms with E-state index in [0.717, 1.165) is 0 Å². The predicted octanol–water partition coefficient (Wildman–Crippen LogP) is 2.30. The number of aromatic nitrogens is 5. The Hall–Kier alpha value is -4.11. The van der Waals surface area contributed by atoms with Crippen molar-refractivity contribution < 1.29 is 21.6 Å². The van der Waals surface area contributed by atoms with E-state index in [0.29, 0.717) is 17.0 Å². The first-order valence-electron chi connectivity index (χ1n) is 9.91. The maximum Gasteiger partial charge on any atom is 0.405 e. The number of hydrogen-bond acceptors (Lipinski definition) is 10. The molecule has 0 fully saturated rings. The molecule has 0 aliphatic heterocycles. The third-order valence-electron chi connectivity index (χ3n) is 4.64. The molecule has 35 heavy (non-hydrogen) atoms. The molecule has 0 saturated heterocycles. The SMILES string of the molecule is Nc1cnc(-c2ccc3nc(NCc4ccc(S(N)(=O)=O)cc4)nc(NCC(F)(F)F)c3n2)cn1. The molecule has 182 valence electrons. The molecule has 0 aliphatic carbocycles. The van der Waals surface area contributed by atoms with E-state index in [4.69, 9.17) is 10.9 Å². The molecule has 0 spiro atoms. The summed E-state index contributed by atoms with van der Waals surface area (Å²) in [6, 6.07) is 8.93. The standard InChI is InChI=1S/C20H18F3N9O2S/c21-20(22,23)10-29-18-17-14(6-5-13(30-17)15-8-27-16(24)9-26-15)31-19(32-18)28-7-11-1-3-12(4-2-11)35(25,33)34/h1-6,8-9H,7,10H2,(H2,24,27)(H2,25,33,34)(H2,28,29,31,32). The molecule has 0 aliphatic rings. The molecule has 0 amide bonds. The van der Waals surface area contributed by atoms with Gasteiger partial charge in [-0.05, 0) is 29.8 Å². The number of hydrogen-bond donors (Lipinski definition) is 4. The Morgan fingerprint density at radius 3 is 2.26 bits per heavy atom. The van der Waals surface area contributed by atoms with E-state index in [-0.39, 0.29) is 40.1 Å². The van der Waals surface area contributed by atoms with E-state index >= 15 is 0 Å². The van der Waals surface area contributed by atoms with E-state index in [1.165, 1.54) is 36.7 Å². The number of anilines is 3. The maximum absolute atomic E-state index is 12.9. The second-order valence-corrected chi connectivity index (χ2v) is 8.86. The van der Waals surface area contributed by atoms with Crippen LogP contribution in [0.3, 0.4) is 0 Å². The summed E-state index contributed by atoms with van der Waals surface area (Å²) in [6.45, 7) is -1.16. The first-order valence-corrected chi connectivity index (χ1v) is 11.5. The molecule has 0 saturated carbocycles. The number of halogens is 3. The fourth-order valence-electron chi connectivity index (χ4n) is 2.99. The van der Waals surface area contributed by atoms with E-state index < -0.39 is 22.7 Å². The Morgan fingerprint density at radius 1 is 0.886 bits per heavy atom. The molecule has 15 heteroatoms. The fraction of sp³-hybridized carbons (Fsp3) is 0.150. The summed E-state index contributed by atoms with van der Waals surface area (Å²) in [5.74, 6) is 0.115. The van der Waals surface area contributed by atoms with Crippen molar-refractivity contribution in [1.82, 2.24) is 24.9 Å². The summed E-state index contributed by atoms with van der Waals surface area (Å²) in [4.78, 5) is 20.9. The molecular weight excluding hydrogens is 487 g/mol. The van der Waals surface area contributed by atoms with Crippen molar-refractivity contribution >= 4 is 38.6 Å². The van der Waals surface area contributed by atoms with Gasteiger partial charge in [-0.1, -0.05) is 12.1 Å². The van der Waals surface area contributed by atoms with Gasteiger partial charge in [0.05, 0.1) is 28.5 Å². The molecule has 3 aromatic heterocycles. The van der Waals surface area contributed by atoms with Gasteiger partial charge in [0.15, 0.2) is 5.82 Å². The van der Waals surface area contributed by atoms with Crippen LogP contribution in [0.5, 0.6) is 0 Å². The number of pyridine rings is 1. The smallest absolute Gasteiger partial charge is 0.382 e. The summed E-state index contributed by atoms with van der Waals surface area (Å²) in [6.07, 6.45) is -1.76. The summed E-state index contributed by atoms with van der Waals surface area (Å²) in [5.41, 5.74) is 7.31. The third-order valence-corrected chi connectivity index (χ3v) is 5.56. The van der Waals surface area contributed by atoms with Crippen molar-refractivity contribution in [3.63, 3.8) is 0 Å². The fourth-order valence-corrected chi connectivity index (χ4v) is 3.51. The van der Waals surface area contributed by atoms with Crippen LogP contribution in [-0.4, -0.2) is 46.1 Å². The number of nitrogens with two attached hydrogens (primary N) is 2. The Balaban J connectivity index is 1.65. The highest BCUT2D eigenvalue weighted by Crippen LogP contribution is 2.26. The molecule has 6 N–H and O–H groups in total. The number of nitrogens with zero attached hydrogens (tertiary/aromatic N) is 5. The Morgan fingerprint density at radius 2 is 1.63 bits per heavy atom. The summed E-state index contributed by atoms with van der Waals surface area (Å²) >= 11 is 0. The topological polar surface area (TPSA) is 175 Å². The summed E-state index contributed by atoms with van der Waals surface area (Å²) in [5, 5.41) is 10.3. The molecule has 0 bridgehead atoms. The summed E-state index contributed by atoms with van der Waals surface area (Å²) < 4.78 is 61.4. The lowest BCUT2D eigenvalue weighted by atomic mass is 10.2. The molecule has 0 radical (unpaired) electrons. The molecule has 4 aromatic rings. The Kier molecular flexibility index (Phi) is 6.36. The number of primary sulfonamides is 1. The van der Waals surface area contributed by atoms with Crippen LogP contribution in [0.2, 0.25) is 0 Å². The molecule has 0 unspecified atom stereocenters. The lowest BCUT2D eigenvalue weighted by molar-refractivity contribution is -0.115. The van der Waals surface area contributed by atoms with E-state index in [9.17, 15) is 21.6 Å². The molecule has 11 nitrogen and oxygen atoms in total. The van der Waals surface area contributed by atoms with Gasteiger partial charge in [0.2, 0.25) is 16.0 Å². The molecule has 4 rings (SSSR count). The molecule has 3 heterocycles. The van der Waals surface area contributed by atoms with Gasteiger partial charge in [-0.15, -0.1) is 0 Å². The van der Waals surface area contributed by atoms with E-state index in [1.807, 2.05) is 0 Å². The maximum atomic E-state index is 12.9. The average Bonchev–Trinajstić information content (AvgIpc) is 2.80. The number of sulfonamides is 1. The third kappa shape index (κ3) is 6.07. The zero-order valence-corrected chi connectivity index (χ0v) is 18.6. The van der Waals surface area contributed by atoms with Gasteiger partial charge in [-0.3, -0.25) is 0 Å². The van der Waals surface area contributed by atoms with Crippen LogP contribution in [0.25, 0.3) is 22.4 Å². The van der Waals surface area contributed by atoms with Crippen LogP contribution in [-0.2, 0) is 16.6 Å². The quantitative estimate of drug-likeness (QED) is 0.292. The lowest BCUT2D eigenvalue weighted by Gasteiger charge is -2.13. The van der Waals surface area contributed by atoms with Gasteiger partial charge in [0.25, 0.3) is 0 Å². The van der Waals surface area contributed by atoms with Crippen LogP contribution >= 0.6 is 0 Å². The minimum atomic E-state index is -4.49. The second-order valence-electron chi connectivity index (χ2n) is 7.30. The van der Waals surface area contributed by atoms with Gasteiger partial charge in [-0.25, -0.2) is 33.5 Å². The van der Waals surface area contributed by atoms with Crippen molar-refractivity contribution in [2.45, 2.75) is 17.6 Å². The van der Waals surface area contributed by atoms with Crippen LogP contribution in [0, 0.1) is 0 Å². The van der Waals surface area contributed by atoms with Crippen molar-refractivity contribution in [2.75, 3.05) is 22.9 Å². The highest BCUT2D eigenvalue weighted by atomic mass is 32.2. The Labute approximate surface area is 196 Å². The van der Waals surface area contributed by atoms with Crippen molar-refractivity contribution in [1.29, 1.82) is 0 Å². The molecular formula is C20H18F3N9O2S. The van der Waals surface area contributed by atoms with Crippen molar-refractivity contribution in [2.24, 2.45) is 5.14 Å². The lowest BCUT2D eigenvalue weighted by Crippen LogP contribution is -2.22. The van der Waals surface area contributed by atoms with Gasteiger partial charge in [-0.2, -0.15) is 18.2 Å². The van der Waals surface area contributed by atoms with Crippen LogP contribution < -0.4 is 21.5 Å². The Bertz CT molecular complexity index is 1460. The zero-order valence-electron chi connectivity index (χ0n) is 17.8. The largest absolute Gasteiger partial charge is 0.405 e. The molecule has 0 atom stereocenters. The van der Waals surface area contributed by atoms with Gasteiger partial charge >= 0.3 is 6.18 Å². The number of fused-ring (bicyclic) bond motifs is 1. The average molecular weight is 505 g/mol. The number of benzene rings is 1. The predicted molar refractivity (Wildman–Crippen MR) is 122 cm³/mol. The number of nitrogen functional groups attached to an aromatic ring is 1. The van der Waals surface area contributed by atoms with Crippen molar-refractivity contribution in [3.05, 3.63) is 54.4 Å². The van der Waals surface area contributed by atoms with Crippen LogP contribution in [0.15, 0.2) is 53.7 Å².